The fourth-order valence-corrected chi connectivity index (χ4v) is 2.42. The molecule has 2 N–H and O–H groups in total. The maximum atomic E-state index is 10.4. The Kier molecular flexibility index (Phi) is 6.45. The van der Waals surface area contributed by atoms with E-state index in [9.17, 15) is 5.11 Å². The van der Waals surface area contributed by atoms with Gasteiger partial charge >= 0.3 is 0 Å². The number of hydrogen-bond acceptors (Lipinski definition) is 3. The van der Waals surface area contributed by atoms with Gasteiger partial charge in [0.2, 0.25) is 0 Å². The molecule has 3 nitrogen and oxygen atoms in total. The molecule has 0 saturated carbocycles. The quantitative estimate of drug-likeness (QED) is 0.674. The Morgan fingerprint density at radius 2 is 2.00 bits per heavy atom. The predicted molar refractivity (Wildman–Crippen MR) is 71.1 cm³/mol. The van der Waals surface area contributed by atoms with Gasteiger partial charge in [0.1, 0.15) is 0 Å². The summed E-state index contributed by atoms with van der Waals surface area (Å²) in [5.74, 6) is 1.32. The summed E-state index contributed by atoms with van der Waals surface area (Å²) < 4.78 is 5.35. The molecular formula is C14H29NO2. The molecule has 1 unspecified atom stereocenters. The van der Waals surface area contributed by atoms with Crippen LogP contribution in [-0.2, 0) is 4.74 Å². The number of hydrogen-bond donors (Lipinski definition) is 2. The van der Waals surface area contributed by atoms with Gasteiger partial charge in [0.05, 0.1) is 5.60 Å². The van der Waals surface area contributed by atoms with E-state index in [-0.39, 0.29) is 0 Å². The summed E-state index contributed by atoms with van der Waals surface area (Å²) in [7, 11) is 0. The molecule has 0 spiro atoms. The first-order valence-corrected chi connectivity index (χ1v) is 7.00. The largest absolute Gasteiger partial charge is 0.390 e. The van der Waals surface area contributed by atoms with Crippen molar-refractivity contribution in [2.45, 2.75) is 52.1 Å². The van der Waals surface area contributed by atoms with Crippen LogP contribution in [0.5, 0.6) is 0 Å². The van der Waals surface area contributed by atoms with Gasteiger partial charge in [-0.25, -0.2) is 0 Å². The molecule has 17 heavy (non-hydrogen) atoms. The highest BCUT2D eigenvalue weighted by molar-refractivity contribution is 4.79. The van der Waals surface area contributed by atoms with Crippen molar-refractivity contribution in [3.8, 4) is 0 Å². The first-order valence-electron chi connectivity index (χ1n) is 7.00. The molecule has 0 aliphatic carbocycles. The Labute approximate surface area is 106 Å². The van der Waals surface area contributed by atoms with E-state index >= 15 is 0 Å². The Bertz CT molecular complexity index is 198. The third-order valence-electron chi connectivity index (χ3n) is 3.46. The molecule has 0 bridgehead atoms. The van der Waals surface area contributed by atoms with Crippen LogP contribution in [0.4, 0.5) is 0 Å². The smallest absolute Gasteiger partial charge is 0.0634 e. The minimum atomic E-state index is -0.522. The molecule has 1 atom stereocenters. The van der Waals surface area contributed by atoms with Gasteiger partial charge in [0.15, 0.2) is 0 Å². The minimum Gasteiger partial charge on any atom is -0.390 e. The highest BCUT2D eigenvalue weighted by atomic mass is 16.5. The molecular weight excluding hydrogens is 214 g/mol. The Morgan fingerprint density at radius 1 is 1.35 bits per heavy atom. The number of rotatable bonds is 7. The van der Waals surface area contributed by atoms with E-state index < -0.39 is 5.60 Å². The summed E-state index contributed by atoms with van der Waals surface area (Å²) in [6, 6.07) is 0. The van der Waals surface area contributed by atoms with Gasteiger partial charge in [-0.15, -0.1) is 0 Å². The molecule has 102 valence electrons. The molecule has 1 rings (SSSR count). The lowest BCUT2D eigenvalue weighted by Gasteiger charge is -2.31. The van der Waals surface area contributed by atoms with E-state index in [1.54, 1.807) is 0 Å². The Balaban J connectivity index is 2.15. The summed E-state index contributed by atoms with van der Waals surface area (Å²) in [4.78, 5) is 0. The van der Waals surface area contributed by atoms with E-state index in [2.05, 4.69) is 19.2 Å². The van der Waals surface area contributed by atoms with Crippen LogP contribution in [0, 0.1) is 11.8 Å². The van der Waals surface area contributed by atoms with Crippen molar-refractivity contribution in [2.24, 2.45) is 11.8 Å². The lowest BCUT2D eigenvalue weighted by molar-refractivity contribution is -0.00472. The Morgan fingerprint density at radius 3 is 2.59 bits per heavy atom. The van der Waals surface area contributed by atoms with Gasteiger partial charge in [0.25, 0.3) is 0 Å². The molecule has 0 aromatic carbocycles. The fourth-order valence-electron chi connectivity index (χ4n) is 2.42. The van der Waals surface area contributed by atoms with Gasteiger partial charge in [-0.05, 0) is 57.5 Å². The molecule has 0 radical (unpaired) electrons. The molecule has 1 aliphatic heterocycles. The first-order chi connectivity index (χ1) is 7.99. The van der Waals surface area contributed by atoms with Crippen molar-refractivity contribution in [2.75, 3.05) is 26.3 Å². The second-order valence-electron chi connectivity index (χ2n) is 6.10. The molecule has 1 saturated heterocycles. The SMILES string of the molecule is CC(C)CNCCC(C)(O)CC1CCOCC1. The second-order valence-corrected chi connectivity index (χ2v) is 6.10. The van der Waals surface area contributed by atoms with Crippen LogP contribution in [0.15, 0.2) is 0 Å². The third kappa shape index (κ3) is 7.02. The minimum absolute atomic E-state index is 0.522. The van der Waals surface area contributed by atoms with Crippen molar-refractivity contribution in [3.05, 3.63) is 0 Å². The van der Waals surface area contributed by atoms with Crippen molar-refractivity contribution >= 4 is 0 Å². The molecule has 0 aromatic heterocycles. The lowest BCUT2D eigenvalue weighted by Crippen LogP contribution is -2.34. The second kappa shape index (κ2) is 7.34. The van der Waals surface area contributed by atoms with Crippen LogP contribution >= 0.6 is 0 Å². The predicted octanol–water partition coefficient (Wildman–Crippen LogP) is 2.19. The fraction of sp³-hybridized carbons (Fsp3) is 1.00. The number of aliphatic hydroxyl groups is 1. The van der Waals surface area contributed by atoms with Crippen molar-refractivity contribution in [3.63, 3.8) is 0 Å². The van der Waals surface area contributed by atoms with E-state index in [1.165, 1.54) is 0 Å². The lowest BCUT2D eigenvalue weighted by atomic mass is 9.85. The number of ether oxygens (including phenoxy) is 1. The average molecular weight is 243 g/mol. The Hall–Kier alpha value is -0.120. The third-order valence-corrected chi connectivity index (χ3v) is 3.46. The van der Waals surface area contributed by atoms with Gasteiger partial charge in [-0.3, -0.25) is 0 Å². The maximum absolute atomic E-state index is 10.4. The van der Waals surface area contributed by atoms with Crippen LogP contribution in [0.2, 0.25) is 0 Å². The standard InChI is InChI=1S/C14H29NO2/c1-12(2)11-15-7-6-14(3,16)10-13-4-8-17-9-5-13/h12-13,15-16H,4-11H2,1-3H3. The van der Waals surface area contributed by atoms with Crippen LogP contribution in [0.25, 0.3) is 0 Å². The topological polar surface area (TPSA) is 41.5 Å². The highest BCUT2D eigenvalue weighted by Crippen LogP contribution is 2.27. The van der Waals surface area contributed by atoms with E-state index in [0.717, 1.165) is 52.0 Å². The number of nitrogens with one attached hydrogen (secondary N) is 1. The van der Waals surface area contributed by atoms with Crippen LogP contribution in [0.1, 0.15) is 46.5 Å². The van der Waals surface area contributed by atoms with Crippen LogP contribution in [0.3, 0.4) is 0 Å². The molecule has 1 aliphatic rings. The zero-order valence-electron chi connectivity index (χ0n) is 11.7. The van der Waals surface area contributed by atoms with Crippen LogP contribution < -0.4 is 5.32 Å². The average Bonchev–Trinajstić information content (AvgIpc) is 2.25. The summed E-state index contributed by atoms with van der Waals surface area (Å²) in [6.07, 6.45) is 3.97. The summed E-state index contributed by atoms with van der Waals surface area (Å²) >= 11 is 0. The zero-order valence-corrected chi connectivity index (χ0v) is 11.7. The van der Waals surface area contributed by atoms with Crippen molar-refractivity contribution < 1.29 is 9.84 Å². The van der Waals surface area contributed by atoms with E-state index in [0.29, 0.717) is 11.8 Å². The van der Waals surface area contributed by atoms with Crippen molar-refractivity contribution in [1.82, 2.24) is 5.32 Å². The zero-order chi connectivity index (χ0) is 12.7. The van der Waals surface area contributed by atoms with Crippen molar-refractivity contribution in [1.29, 1.82) is 0 Å². The first kappa shape index (κ1) is 14.9. The van der Waals surface area contributed by atoms with E-state index in [1.807, 2.05) is 6.92 Å². The normalized spacial score (nSPS) is 21.7. The van der Waals surface area contributed by atoms with E-state index in [4.69, 9.17) is 4.74 Å². The monoisotopic (exact) mass is 243 g/mol. The maximum Gasteiger partial charge on any atom is 0.0634 e. The highest BCUT2D eigenvalue weighted by Gasteiger charge is 2.26. The molecule has 0 amide bonds. The molecule has 1 fully saturated rings. The summed E-state index contributed by atoms with van der Waals surface area (Å²) in [5, 5.41) is 13.7. The molecule has 0 aromatic rings. The summed E-state index contributed by atoms with van der Waals surface area (Å²) in [6.45, 7) is 10.1. The van der Waals surface area contributed by atoms with Crippen LogP contribution in [-0.4, -0.2) is 37.0 Å². The van der Waals surface area contributed by atoms with Gasteiger partial charge in [-0.1, -0.05) is 13.8 Å². The summed E-state index contributed by atoms with van der Waals surface area (Å²) in [5.41, 5.74) is -0.522. The van der Waals surface area contributed by atoms with Gasteiger partial charge in [-0.2, -0.15) is 0 Å². The molecule has 3 heteroatoms. The van der Waals surface area contributed by atoms with Gasteiger partial charge in [0, 0.05) is 13.2 Å². The van der Waals surface area contributed by atoms with Gasteiger partial charge < -0.3 is 15.2 Å². The molecule has 1 heterocycles.